The highest BCUT2D eigenvalue weighted by Crippen LogP contribution is 2.36. The van der Waals surface area contributed by atoms with Crippen LogP contribution in [0.4, 0.5) is 10.5 Å². The first kappa shape index (κ1) is 32.5. The van der Waals surface area contributed by atoms with Crippen molar-refractivity contribution in [3.05, 3.63) is 59.5 Å². The number of hydrogen-bond donors (Lipinski definition) is 2. The molecule has 0 atom stereocenters. The van der Waals surface area contributed by atoms with Crippen LogP contribution < -0.4 is 5.32 Å². The monoisotopic (exact) mass is 640 g/mol. The molecule has 1 saturated heterocycles. The zero-order valence-electron chi connectivity index (χ0n) is 27.9. The number of carbonyl (C=O) groups is 2. The fourth-order valence-corrected chi connectivity index (χ4v) is 6.70. The molecular weight excluding hydrogens is 596 g/mol. The normalized spacial score (nSPS) is 19.6. The van der Waals surface area contributed by atoms with Gasteiger partial charge in [0.25, 0.3) is 5.91 Å². The molecule has 2 N–H and O–H groups in total. The van der Waals surface area contributed by atoms with Crippen LogP contribution in [0.2, 0.25) is 0 Å². The van der Waals surface area contributed by atoms with Gasteiger partial charge in [-0.15, -0.1) is 0 Å². The maximum atomic E-state index is 13.4. The number of nitrogens with zero attached hydrogens (tertiary/aromatic N) is 7. The van der Waals surface area contributed by atoms with E-state index in [-0.39, 0.29) is 18.0 Å². The largest absolute Gasteiger partial charge is 0.444 e. The molecule has 4 aromatic rings. The number of aliphatic hydroxyl groups is 1. The van der Waals surface area contributed by atoms with E-state index in [1.165, 1.54) is 10.7 Å². The summed E-state index contributed by atoms with van der Waals surface area (Å²) in [5, 5.41) is 33.3. The fraction of sp³-hybridized carbons (Fsp3) is 0.514. The van der Waals surface area contributed by atoms with E-state index in [1.807, 2.05) is 44.0 Å². The van der Waals surface area contributed by atoms with Gasteiger partial charge in [0, 0.05) is 55.6 Å². The quantitative estimate of drug-likeness (QED) is 0.289. The Balaban J connectivity index is 1.10. The molecule has 4 heterocycles. The van der Waals surface area contributed by atoms with Gasteiger partial charge in [-0.3, -0.25) is 14.4 Å². The smallest absolute Gasteiger partial charge is 0.410 e. The molecule has 0 spiro atoms. The number of benzene rings is 1. The van der Waals surface area contributed by atoms with Crippen molar-refractivity contribution in [1.29, 1.82) is 5.26 Å². The Bertz CT molecular complexity index is 1820. The predicted octanol–water partition coefficient (Wildman–Crippen LogP) is 5.32. The number of nitriles is 1. The van der Waals surface area contributed by atoms with Crippen LogP contribution in [0.5, 0.6) is 0 Å². The van der Waals surface area contributed by atoms with Gasteiger partial charge in [-0.2, -0.15) is 15.5 Å². The van der Waals surface area contributed by atoms with Gasteiger partial charge in [-0.1, -0.05) is 0 Å². The molecule has 0 bridgehead atoms. The van der Waals surface area contributed by atoms with Crippen molar-refractivity contribution in [2.24, 2.45) is 5.92 Å². The second-order valence-corrected chi connectivity index (χ2v) is 14.4. The van der Waals surface area contributed by atoms with Crippen LogP contribution in [0.25, 0.3) is 16.4 Å². The lowest BCUT2D eigenvalue weighted by molar-refractivity contribution is 0.0126. The lowest BCUT2D eigenvalue weighted by Gasteiger charge is -2.38. The number of aromatic nitrogens is 4. The Morgan fingerprint density at radius 1 is 1.04 bits per heavy atom. The summed E-state index contributed by atoms with van der Waals surface area (Å²) in [5.41, 5.74) is 1.52. The summed E-state index contributed by atoms with van der Waals surface area (Å²) in [6.07, 6.45) is 7.51. The molecule has 2 aliphatic rings. The highest BCUT2D eigenvalue weighted by Gasteiger charge is 2.30. The van der Waals surface area contributed by atoms with Gasteiger partial charge >= 0.3 is 6.09 Å². The van der Waals surface area contributed by atoms with E-state index < -0.39 is 11.2 Å². The van der Waals surface area contributed by atoms with Crippen LogP contribution in [0.1, 0.15) is 88.0 Å². The molecule has 1 saturated carbocycles. The molecule has 2 fully saturated rings. The van der Waals surface area contributed by atoms with E-state index in [4.69, 9.17) is 9.84 Å². The van der Waals surface area contributed by atoms with Gasteiger partial charge in [0.2, 0.25) is 0 Å². The molecule has 0 unspecified atom stereocenters. The minimum absolute atomic E-state index is 0.226. The van der Waals surface area contributed by atoms with Crippen LogP contribution in [-0.4, -0.2) is 84.6 Å². The summed E-state index contributed by atoms with van der Waals surface area (Å²) in [6, 6.07) is 11.2. The van der Waals surface area contributed by atoms with Crippen LogP contribution in [-0.2, 0) is 10.3 Å². The third-order valence-electron chi connectivity index (χ3n) is 9.16. The predicted molar refractivity (Wildman–Crippen MR) is 178 cm³/mol. The maximum Gasteiger partial charge on any atom is 0.410 e. The third-order valence-corrected chi connectivity index (χ3v) is 9.16. The minimum atomic E-state index is -1.22. The third kappa shape index (κ3) is 7.26. The molecule has 248 valence electrons. The molecule has 3 aromatic heterocycles. The molecular formula is C35H44N8O4. The van der Waals surface area contributed by atoms with E-state index in [0.29, 0.717) is 47.0 Å². The summed E-state index contributed by atoms with van der Waals surface area (Å²) < 4.78 is 9.09. The molecule has 1 aliphatic heterocycles. The summed E-state index contributed by atoms with van der Waals surface area (Å²) in [6.45, 7) is 13.2. The molecule has 6 rings (SSSR count). The number of anilines is 1. The lowest BCUT2D eigenvalue weighted by Crippen LogP contribution is -2.51. The number of nitrogens with one attached hydrogen (secondary N) is 1. The molecule has 0 radical (unpaired) electrons. The van der Waals surface area contributed by atoms with Crippen molar-refractivity contribution in [2.45, 2.75) is 77.5 Å². The number of amides is 2. The van der Waals surface area contributed by atoms with Crippen LogP contribution in [0.15, 0.2) is 42.7 Å². The summed E-state index contributed by atoms with van der Waals surface area (Å²) in [7, 11) is 0. The number of rotatable bonds is 6. The number of piperazine rings is 1. The first-order valence-corrected chi connectivity index (χ1v) is 16.4. The van der Waals surface area contributed by atoms with Crippen molar-refractivity contribution in [3.63, 3.8) is 0 Å². The number of fused-ring (bicyclic) bond motifs is 2. The van der Waals surface area contributed by atoms with Crippen LogP contribution >= 0.6 is 0 Å². The van der Waals surface area contributed by atoms with E-state index in [0.717, 1.165) is 56.2 Å². The zero-order valence-corrected chi connectivity index (χ0v) is 27.9. The van der Waals surface area contributed by atoms with E-state index in [9.17, 15) is 20.0 Å². The van der Waals surface area contributed by atoms with E-state index >= 15 is 0 Å². The molecule has 47 heavy (non-hydrogen) atoms. The van der Waals surface area contributed by atoms with Crippen molar-refractivity contribution in [2.75, 3.05) is 38.0 Å². The Labute approximate surface area is 274 Å². The summed E-state index contributed by atoms with van der Waals surface area (Å²) >= 11 is 0. The fourth-order valence-electron chi connectivity index (χ4n) is 6.70. The molecule has 1 aromatic carbocycles. The molecule has 12 heteroatoms. The Morgan fingerprint density at radius 3 is 2.43 bits per heavy atom. The minimum Gasteiger partial charge on any atom is -0.444 e. The average molecular weight is 641 g/mol. The van der Waals surface area contributed by atoms with E-state index in [1.54, 1.807) is 32.0 Å². The highest BCUT2D eigenvalue weighted by atomic mass is 16.6. The van der Waals surface area contributed by atoms with E-state index in [2.05, 4.69) is 26.1 Å². The highest BCUT2D eigenvalue weighted by molar-refractivity contribution is 6.05. The lowest BCUT2D eigenvalue weighted by atomic mass is 9.85. The Kier molecular flexibility index (Phi) is 8.72. The molecule has 1 aliphatic carbocycles. The van der Waals surface area contributed by atoms with Gasteiger partial charge < -0.3 is 20.1 Å². The second kappa shape index (κ2) is 12.6. The first-order valence-electron chi connectivity index (χ1n) is 16.4. The number of carbonyl (C=O) groups excluding carboxylic acids is 2. The second-order valence-electron chi connectivity index (χ2n) is 14.4. The van der Waals surface area contributed by atoms with Gasteiger partial charge in [0.1, 0.15) is 17.4 Å². The van der Waals surface area contributed by atoms with Gasteiger partial charge in [-0.25, -0.2) is 9.31 Å². The average Bonchev–Trinajstić information content (AvgIpc) is 3.64. The zero-order chi connectivity index (χ0) is 33.5. The number of ether oxygens (including phenoxy) is 1. The Hall–Kier alpha value is -4.47. The van der Waals surface area contributed by atoms with Crippen molar-refractivity contribution >= 4 is 34.1 Å². The SMILES string of the molecule is CC(C)(C)OC(=O)N1CCN(CC2CCC(n3cc4cc(NC(=O)c5ccc6cc(C#N)cnn56)c(C(C)(C)O)cc4n3)CC2)CC1. The van der Waals surface area contributed by atoms with Crippen molar-refractivity contribution in [3.8, 4) is 6.07 Å². The first-order chi connectivity index (χ1) is 22.3. The van der Waals surface area contributed by atoms with Crippen molar-refractivity contribution in [1.82, 2.24) is 29.2 Å². The van der Waals surface area contributed by atoms with Crippen LogP contribution in [0.3, 0.4) is 0 Å². The molecule has 2 amide bonds. The van der Waals surface area contributed by atoms with Gasteiger partial charge in [-0.05, 0) is 96.6 Å². The standard InChI is InChI=1S/C35H44N8O4/c1-34(2,3)47-33(45)41-14-12-40(13-15-41)21-23-6-8-26(9-7-23)42-22-25-17-30(28(35(4,5)46)18-29(25)39-42)38-32(44)31-11-10-27-16-24(19-36)20-37-43(27)31/h10-11,16-18,20,22-23,26,46H,6-9,12-15,21H2,1-5H3,(H,38,44). The topological polar surface area (TPSA) is 141 Å². The Morgan fingerprint density at radius 2 is 1.77 bits per heavy atom. The van der Waals surface area contributed by atoms with Crippen molar-refractivity contribution < 1.29 is 19.4 Å². The molecule has 12 nitrogen and oxygen atoms in total. The summed E-state index contributed by atoms with van der Waals surface area (Å²) in [4.78, 5) is 30.1. The number of hydrogen-bond acceptors (Lipinski definition) is 8. The maximum absolute atomic E-state index is 13.4. The van der Waals surface area contributed by atoms with Gasteiger partial charge in [0.15, 0.2) is 0 Å². The van der Waals surface area contributed by atoms with Crippen LogP contribution in [0, 0.1) is 17.2 Å². The van der Waals surface area contributed by atoms with Gasteiger partial charge in [0.05, 0.1) is 34.4 Å². The summed E-state index contributed by atoms with van der Waals surface area (Å²) in [5.74, 6) is 0.239.